The molecule has 0 amide bonds. The van der Waals surface area contributed by atoms with Gasteiger partial charge in [-0.3, -0.25) is 0 Å². The van der Waals surface area contributed by atoms with Crippen molar-refractivity contribution < 1.29 is 5.11 Å². The fourth-order valence-corrected chi connectivity index (χ4v) is 1.58. The van der Waals surface area contributed by atoms with Gasteiger partial charge in [-0.1, -0.05) is 37.3 Å². The SMILES string of the molecule is CC(NC[C@@H](C)O)C(C)c1ccccc1. The molecule has 0 aliphatic carbocycles. The van der Waals surface area contributed by atoms with Crippen molar-refractivity contribution >= 4 is 0 Å². The van der Waals surface area contributed by atoms with Gasteiger partial charge in [0.1, 0.15) is 0 Å². The van der Waals surface area contributed by atoms with Crippen molar-refractivity contribution in [1.82, 2.24) is 5.32 Å². The summed E-state index contributed by atoms with van der Waals surface area (Å²) in [4.78, 5) is 0. The molecule has 1 aromatic carbocycles. The third-order valence-electron chi connectivity index (χ3n) is 2.81. The van der Waals surface area contributed by atoms with Crippen molar-refractivity contribution in [2.75, 3.05) is 6.54 Å². The summed E-state index contributed by atoms with van der Waals surface area (Å²) in [6.07, 6.45) is -0.282. The molecule has 0 spiro atoms. The van der Waals surface area contributed by atoms with Gasteiger partial charge in [0.2, 0.25) is 0 Å². The summed E-state index contributed by atoms with van der Waals surface area (Å²) in [5, 5.41) is 12.5. The molecule has 0 radical (unpaired) electrons. The van der Waals surface area contributed by atoms with Crippen LogP contribution in [0.4, 0.5) is 0 Å². The van der Waals surface area contributed by atoms with Crippen LogP contribution in [0.2, 0.25) is 0 Å². The molecule has 0 bridgehead atoms. The lowest BCUT2D eigenvalue weighted by molar-refractivity contribution is 0.185. The van der Waals surface area contributed by atoms with Crippen LogP contribution < -0.4 is 5.32 Å². The van der Waals surface area contributed by atoms with E-state index in [0.29, 0.717) is 18.5 Å². The molecule has 0 saturated carbocycles. The molecule has 1 rings (SSSR count). The fourth-order valence-electron chi connectivity index (χ4n) is 1.58. The predicted octanol–water partition coefficient (Wildman–Crippen LogP) is 2.15. The van der Waals surface area contributed by atoms with Gasteiger partial charge in [0, 0.05) is 12.6 Å². The Labute approximate surface area is 92.3 Å². The van der Waals surface area contributed by atoms with E-state index < -0.39 is 0 Å². The number of aliphatic hydroxyl groups is 1. The van der Waals surface area contributed by atoms with Crippen LogP contribution in [0, 0.1) is 0 Å². The van der Waals surface area contributed by atoms with Gasteiger partial charge in [-0.15, -0.1) is 0 Å². The van der Waals surface area contributed by atoms with E-state index in [9.17, 15) is 5.11 Å². The van der Waals surface area contributed by atoms with Crippen LogP contribution in [0.3, 0.4) is 0 Å². The monoisotopic (exact) mass is 207 g/mol. The molecular weight excluding hydrogens is 186 g/mol. The van der Waals surface area contributed by atoms with Crippen LogP contribution in [0.15, 0.2) is 30.3 Å². The lowest BCUT2D eigenvalue weighted by Crippen LogP contribution is -2.35. The highest BCUT2D eigenvalue weighted by atomic mass is 16.3. The number of hydrogen-bond donors (Lipinski definition) is 2. The standard InChI is InChI=1S/C13H21NO/c1-10(15)9-14-12(3)11(2)13-7-5-4-6-8-13/h4-8,10-12,14-15H,9H2,1-3H3/t10-,11?,12?/m1/s1. The van der Waals surface area contributed by atoms with Crippen LogP contribution in [0.1, 0.15) is 32.3 Å². The molecule has 84 valence electrons. The van der Waals surface area contributed by atoms with Crippen molar-refractivity contribution in [3.05, 3.63) is 35.9 Å². The normalized spacial score (nSPS) is 17.1. The summed E-state index contributed by atoms with van der Waals surface area (Å²) in [7, 11) is 0. The molecule has 1 aromatic rings. The van der Waals surface area contributed by atoms with E-state index in [0.717, 1.165) is 0 Å². The van der Waals surface area contributed by atoms with E-state index in [1.54, 1.807) is 6.92 Å². The maximum Gasteiger partial charge on any atom is 0.0636 e. The zero-order valence-electron chi connectivity index (χ0n) is 9.77. The molecule has 0 aromatic heterocycles. The summed E-state index contributed by atoms with van der Waals surface area (Å²) in [5.41, 5.74) is 1.34. The second-order valence-electron chi connectivity index (χ2n) is 4.25. The quantitative estimate of drug-likeness (QED) is 0.775. The summed E-state index contributed by atoms with van der Waals surface area (Å²) >= 11 is 0. The molecule has 15 heavy (non-hydrogen) atoms. The number of benzene rings is 1. The van der Waals surface area contributed by atoms with Gasteiger partial charge in [-0.05, 0) is 25.3 Å². The van der Waals surface area contributed by atoms with Gasteiger partial charge >= 0.3 is 0 Å². The van der Waals surface area contributed by atoms with Gasteiger partial charge in [0.25, 0.3) is 0 Å². The maximum absolute atomic E-state index is 9.19. The van der Waals surface area contributed by atoms with Crippen molar-refractivity contribution in [2.24, 2.45) is 0 Å². The molecule has 0 heterocycles. The molecule has 0 saturated heterocycles. The minimum Gasteiger partial charge on any atom is -0.392 e. The first kappa shape index (κ1) is 12.2. The second-order valence-corrected chi connectivity index (χ2v) is 4.25. The Morgan fingerprint density at radius 1 is 1.13 bits per heavy atom. The van der Waals surface area contributed by atoms with Gasteiger partial charge in [-0.2, -0.15) is 0 Å². The van der Waals surface area contributed by atoms with Crippen molar-refractivity contribution in [1.29, 1.82) is 0 Å². The van der Waals surface area contributed by atoms with E-state index in [1.807, 2.05) is 6.07 Å². The smallest absolute Gasteiger partial charge is 0.0636 e. The molecule has 0 aliphatic rings. The van der Waals surface area contributed by atoms with Crippen molar-refractivity contribution in [2.45, 2.75) is 38.8 Å². The van der Waals surface area contributed by atoms with Gasteiger partial charge in [-0.25, -0.2) is 0 Å². The first-order valence-corrected chi connectivity index (χ1v) is 5.57. The fraction of sp³-hybridized carbons (Fsp3) is 0.538. The maximum atomic E-state index is 9.19. The van der Waals surface area contributed by atoms with E-state index in [-0.39, 0.29) is 6.10 Å². The molecule has 2 N–H and O–H groups in total. The zero-order chi connectivity index (χ0) is 11.3. The average Bonchev–Trinajstić information content (AvgIpc) is 2.26. The van der Waals surface area contributed by atoms with Crippen molar-refractivity contribution in [3.8, 4) is 0 Å². The Hall–Kier alpha value is -0.860. The van der Waals surface area contributed by atoms with Crippen LogP contribution in [-0.2, 0) is 0 Å². The molecule has 0 aliphatic heterocycles. The number of rotatable bonds is 5. The van der Waals surface area contributed by atoms with Crippen LogP contribution in [0.25, 0.3) is 0 Å². The Morgan fingerprint density at radius 2 is 1.73 bits per heavy atom. The highest BCUT2D eigenvalue weighted by molar-refractivity contribution is 5.20. The minimum atomic E-state index is -0.282. The molecule has 2 nitrogen and oxygen atoms in total. The largest absolute Gasteiger partial charge is 0.392 e. The molecule has 2 unspecified atom stereocenters. The van der Waals surface area contributed by atoms with E-state index >= 15 is 0 Å². The summed E-state index contributed by atoms with van der Waals surface area (Å²) in [5.74, 6) is 0.463. The van der Waals surface area contributed by atoms with Crippen LogP contribution in [-0.4, -0.2) is 23.8 Å². The number of nitrogens with one attached hydrogen (secondary N) is 1. The van der Waals surface area contributed by atoms with Crippen LogP contribution in [0.5, 0.6) is 0 Å². The Morgan fingerprint density at radius 3 is 2.27 bits per heavy atom. The minimum absolute atomic E-state index is 0.282. The van der Waals surface area contributed by atoms with E-state index in [4.69, 9.17) is 0 Å². The lowest BCUT2D eigenvalue weighted by atomic mass is 9.94. The van der Waals surface area contributed by atoms with Gasteiger partial charge < -0.3 is 10.4 Å². The van der Waals surface area contributed by atoms with Gasteiger partial charge in [0.15, 0.2) is 0 Å². The topological polar surface area (TPSA) is 32.3 Å². The summed E-state index contributed by atoms with van der Waals surface area (Å²) in [6, 6.07) is 10.8. The number of hydrogen-bond acceptors (Lipinski definition) is 2. The molecule has 2 heteroatoms. The Balaban J connectivity index is 2.49. The summed E-state index contributed by atoms with van der Waals surface area (Å²) in [6.45, 7) is 6.81. The van der Waals surface area contributed by atoms with Crippen LogP contribution >= 0.6 is 0 Å². The van der Waals surface area contributed by atoms with Crippen molar-refractivity contribution in [3.63, 3.8) is 0 Å². The zero-order valence-corrected chi connectivity index (χ0v) is 9.77. The van der Waals surface area contributed by atoms with Gasteiger partial charge in [0.05, 0.1) is 6.10 Å². The Kier molecular flexibility index (Phi) is 4.79. The van der Waals surface area contributed by atoms with E-state index in [2.05, 4.69) is 43.4 Å². The first-order chi connectivity index (χ1) is 7.11. The first-order valence-electron chi connectivity index (χ1n) is 5.57. The second kappa shape index (κ2) is 5.89. The highest BCUT2D eigenvalue weighted by Crippen LogP contribution is 2.18. The third kappa shape index (κ3) is 4.02. The highest BCUT2D eigenvalue weighted by Gasteiger charge is 2.13. The Bertz CT molecular complexity index is 271. The predicted molar refractivity (Wildman–Crippen MR) is 64.0 cm³/mol. The third-order valence-corrected chi connectivity index (χ3v) is 2.81. The summed E-state index contributed by atoms with van der Waals surface area (Å²) < 4.78 is 0. The average molecular weight is 207 g/mol. The molecular formula is C13H21NO. The molecule has 0 fully saturated rings. The van der Waals surface area contributed by atoms with E-state index in [1.165, 1.54) is 5.56 Å². The molecule has 3 atom stereocenters. The lowest BCUT2D eigenvalue weighted by Gasteiger charge is -2.22. The number of aliphatic hydroxyl groups excluding tert-OH is 1.